The first-order valence-electron chi connectivity index (χ1n) is 14.8. The zero-order valence-corrected chi connectivity index (χ0v) is 23.9. The van der Waals surface area contributed by atoms with Crippen molar-refractivity contribution in [1.82, 2.24) is 34.9 Å². The second-order valence-corrected chi connectivity index (χ2v) is 14.0. The Labute approximate surface area is 237 Å². The molecule has 0 spiro atoms. The molecule has 2 aromatic rings. The lowest BCUT2D eigenvalue weighted by molar-refractivity contribution is -0.136. The summed E-state index contributed by atoms with van der Waals surface area (Å²) >= 11 is 1.89. The Morgan fingerprint density at radius 1 is 1.15 bits per heavy atom. The summed E-state index contributed by atoms with van der Waals surface area (Å²) in [6.07, 6.45) is 7.11. The third kappa shape index (κ3) is 4.63. The van der Waals surface area contributed by atoms with E-state index in [0.717, 1.165) is 70.6 Å². The molecule has 2 saturated carbocycles. The van der Waals surface area contributed by atoms with Crippen LogP contribution in [0.1, 0.15) is 68.5 Å². The molecule has 3 aliphatic heterocycles. The average Bonchev–Trinajstić information content (AvgIpc) is 3.62. The predicted molar refractivity (Wildman–Crippen MR) is 150 cm³/mol. The van der Waals surface area contributed by atoms with Crippen molar-refractivity contribution in [1.29, 1.82) is 0 Å². The van der Waals surface area contributed by atoms with Crippen molar-refractivity contribution < 1.29 is 13.2 Å². The molecule has 7 rings (SSSR count). The maximum absolute atomic E-state index is 14.3. The van der Waals surface area contributed by atoms with Gasteiger partial charge in [-0.05, 0) is 63.1 Å². The van der Waals surface area contributed by atoms with Crippen LogP contribution in [0.3, 0.4) is 0 Å². The number of thioether (sulfide) groups is 1. The van der Waals surface area contributed by atoms with Gasteiger partial charge in [0, 0.05) is 60.7 Å². The molecule has 2 aliphatic carbocycles. The number of rotatable bonds is 5. The fourth-order valence-corrected chi connectivity index (χ4v) is 9.67. The summed E-state index contributed by atoms with van der Waals surface area (Å²) in [5.41, 5.74) is 6.36. The molecule has 5 aliphatic rings. The van der Waals surface area contributed by atoms with E-state index in [-0.39, 0.29) is 28.8 Å². The highest BCUT2D eigenvalue weighted by atomic mass is 32.2. The fourth-order valence-electron chi connectivity index (χ4n) is 8.37. The molecule has 2 aromatic heterocycles. The smallest absolute Gasteiger partial charge is 0.304 e. The molecular formula is C28H40F3N7OS. The SMILES string of the molecule is CN1CNNC1C1(C2CCCC(n3cc4c(C(F)(F)F)cc(CN5CCC6NCSC6C5)cn4c3=O)C2)CCC1. The van der Waals surface area contributed by atoms with Gasteiger partial charge < -0.3 is 5.32 Å². The minimum atomic E-state index is -4.53. The highest BCUT2D eigenvalue weighted by Gasteiger charge is 2.53. The van der Waals surface area contributed by atoms with Crippen molar-refractivity contribution in [3.63, 3.8) is 0 Å². The van der Waals surface area contributed by atoms with Gasteiger partial charge in [-0.1, -0.05) is 12.8 Å². The molecule has 40 heavy (non-hydrogen) atoms. The molecule has 12 heteroatoms. The number of alkyl halides is 3. The molecule has 5 heterocycles. The third-order valence-electron chi connectivity index (χ3n) is 10.5. The van der Waals surface area contributed by atoms with Crippen molar-refractivity contribution in [3.8, 4) is 0 Å². The van der Waals surface area contributed by atoms with E-state index in [0.29, 0.717) is 29.3 Å². The summed E-state index contributed by atoms with van der Waals surface area (Å²) < 4.78 is 46.0. The summed E-state index contributed by atoms with van der Waals surface area (Å²) in [6, 6.07) is 1.68. The van der Waals surface area contributed by atoms with Gasteiger partial charge in [-0.15, -0.1) is 11.8 Å². The molecule has 8 nitrogen and oxygen atoms in total. The number of likely N-dealkylation sites (tertiary alicyclic amines) is 1. The lowest BCUT2D eigenvalue weighted by Gasteiger charge is -2.55. The number of fused-ring (bicyclic) bond motifs is 2. The molecule has 5 unspecified atom stereocenters. The third-order valence-corrected chi connectivity index (χ3v) is 11.8. The van der Waals surface area contributed by atoms with Gasteiger partial charge in [0.1, 0.15) is 0 Å². The van der Waals surface area contributed by atoms with E-state index >= 15 is 0 Å². The molecule has 5 fully saturated rings. The maximum Gasteiger partial charge on any atom is 0.418 e. The average molecular weight is 580 g/mol. The molecule has 220 valence electrons. The van der Waals surface area contributed by atoms with Gasteiger partial charge >= 0.3 is 11.9 Å². The molecule has 3 saturated heterocycles. The van der Waals surface area contributed by atoms with Crippen LogP contribution in [0, 0.1) is 11.3 Å². The fraction of sp³-hybridized carbons (Fsp3) is 0.750. The van der Waals surface area contributed by atoms with Crippen molar-refractivity contribution in [2.45, 2.75) is 87.6 Å². The van der Waals surface area contributed by atoms with Gasteiger partial charge in [-0.2, -0.15) is 13.2 Å². The minimum Gasteiger partial charge on any atom is -0.304 e. The Hall–Kier alpha value is -1.57. The van der Waals surface area contributed by atoms with E-state index in [1.807, 2.05) is 11.8 Å². The van der Waals surface area contributed by atoms with Crippen LogP contribution >= 0.6 is 11.8 Å². The molecular weight excluding hydrogens is 539 g/mol. The number of imidazole rings is 1. The summed E-state index contributed by atoms with van der Waals surface area (Å²) in [5, 5.41) is 3.97. The highest BCUT2D eigenvalue weighted by molar-refractivity contribution is 8.00. The molecule has 5 atom stereocenters. The molecule has 0 bridgehead atoms. The van der Waals surface area contributed by atoms with Crippen LogP contribution in [0.25, 0.3) is 5.52 Å². The Kier molecular flexibility index (Phi) is 7.03. The number of aromatic nitrogens is 2. The van der Waals surface area contributed by atoms with E-state index in [1.54, 1.807) is 10.8 Å². The van der Waals surface area contributed by atoms with Crippen LogP contribution in [0.5, 0.6) is 0 Å². The zero-order valence-electron chi connectivity index (χ0n) is 23.1. The maximum atomic E-state index is 14.3. The number of hydrogen-bond donors (Lipinski definition) is 3. The molecule has 0 amide bonds. The second kappa shape index (κ2) is 10.3. The summed E-state index contributed by atoms with van der Waals surface area (Å²) in [6.45, 7) is 2.91. The predicted octanol–water partition coefficient (Wildman–Crippen LogP) is 3.58. The van der Waals surface area contributed by atoms with E-state index in [9.17, 15) is 18.0 Å². The lowest BCUT2D eigenvalue weighted by Crippen LogP contribution is -2.57. The van der Waals surface area contributed by atoms with Gasteiger partial charge in [-0.3, -0.25) is 18.8 Å². The number of hydrogen-bond acceptors (Lipinski definition) is 7. The Bertz CT molecular complexity index is 1310. The number of hydrazine groups is 1. The minimum absolute atomic E-state index is 0.0302. The standard InChI is InChI=1S/C28H40F3N7OS/c1-35-16-33-34-25(35)27(7-3-8-27)19-4-2-5-20(11-19)37-14-23-21(28(29,30)31)10-18(13-38(23)26(37)39)12-36-9-6-22-24(15-36)40-17-32-22/h10,13-14,19-20,22,24-25,32-34H,2-9,11-12,15-17H2,1H3. The summed E-state index contributed by atoms with van der Waals surface area (Å²) in [4.78, 5) is 18.3. The van der Waals surface area contributed by atoms with Gasteiger partial charge in [0.15, 0.2) is 0 Å². The largest absolute Gasteiger partial charge is 0.418 e. The first kappa shape index (κ1) is 27.3. The summed E-state index contributed by atoms with van der Waals surface area (Å²) in [5.74, 6) is 1.36. The first-order chi connectivity index (χ1) is 19.2. The van der Waals surface area contributed by atoms with Gasteiger partial charge in [0.05, 0.1) is 23.9 Å². The van der Waals surface area contributed by atoms with Gasteiger partial charge in [0.2, 0.25) is 0 Å². The first-order valence-corrected chi connectivity index (χ1v) is 15.9. The quantitative estimate of drug-likeness (QED) is 0.501. The van der Waals surface area contributed by atoms with Crippen LogP contribution in [0.15, 0.2) is 23.3 Å². The highest BCUT2D eigenvalue weighted by Crippen LogP contribution is 2.56. The van der Waals surface area contributed by atoms with Gasteiger partial charge in [0.25, 0.3) is 0 Å². The number of nitrogens with one attached hydrogen (secondary N) is 3. The van der Waals surface area contributed by atoms with Gasteiger partial charge in [-0.25, -0.2) is 15.6 Å². The van der Waals surface area contributed by atoms with E-state index in [1.165, 1.54) is 23.1 Å². The van der Waals surface area contributed by atoms with Crippen molar-refractivity contribution in [2.75, 3.05) is 32.7 Å². The van der Waals surface area contributed by atoms with Crippen LogP contribution in [0.2, 0.25) is 0 Å². The topological polar surface area (TPSA) is 69.0 Å². The Morgan fingerprint density at radius 2 is 2.00 bits per heavy atom. The van der Waals surface area contributed by atoms with E-state index in [4.69, 9.17) is 0 Å². The lowest BCUT2D eigenvalue weighted by atomic mass is 9.55. The monoisotopic (exact) mass is 579 g/mol. The van der Waals surface area contributed by atoms with Crippen LogP contribution in [0.4, 0.5) is 13.2 Å². The number of nitrogens with zero attached hydrogens (tertiary/aromatic N) is 4. The Morgan fingerprint density at radius 3 is 2.73 bits per heavy atom. The van der Waals surface area contributed by atoms with Crippen LogP contribution < -0.4 is 21.9 Å². The van der Waals surface area contributed by atoms with Crippen molar-refractivity contribution >= 4 is 17.3 Å². The number of halogens is 3. The number of pyridine rings is 1. The molecule has 0 aromatic carbocycles. The van der Waals surface area contributed by atoms with Crippen molar-refractivity contribution in [2.24, 2.45) is 11.3 Å². The van der Waals surface area contributed by atoms with E-state index < -0.39 is 11.7 Å². The molecule has 0 radical (unpaired) electrons. The number of piperidine rings is 1. The van der Waals surface area contributed by atoms with E-state index in [2.05, 4.69) is 33.0 Å². The normalized spacial score (nSPS) is 33.4. The second-order valence-electron chi connectivity index (χ2n) is 12.8. The molecule has 3 N–H and O–H groups in total. The van der Waals surface area contributed by atoms with Crippen LogP contribution in [-0.4, -0.2) is 68.9 Å². The zero-order chi connectivity index (χ0) is 27.6. The van der Waals surface area contributed by atoms with Crippen LogP contribution in [-0.2, 0) is 12.7 Å². The van der Waals surface area contributed by atoms with Crippen molar-refractivity contribution in [3.05, 3.63) is 40.1 Å². The Balaban J connectivity index is 1.18. The summed E-state index contributed by atoms with van der Waals surface area (Å²) in [7, 11) is 2.13.